The van der Waals surface area contributed by atoms with Gasteiger partial charge in [0.25, 0.3) is 0 Å². The third-order valence-electron chi connectivity index (χ3n) is 15.1. The Hall–Kier alpha value is -1.40. The van der Waals surface area contributed by atoms with Gasteiger partial charge >= 0.3 is 5.97 Å². The molecule has 0 aliphatic rings. The van der Waals surface area contributed by atoms with E-state index in [1.165, 1.54) is 289 Å². The molecule has 0 aromatic carbocycles. The minimum Gasteiger partial charge on any atom is -0.466 e. The van der Waals surface area contributed by atoms with Crippen molar-refractivity contribution in [1.29, 1.82) is 0 Å². The molecule has 70 heavy (non-hydrogen) atoms. The van der Waals surface area contributed by atoms with Crippen LogP contribution in [0.3, 0.4) is 0 Å². The fraction of sp³-hybridized carbons (Fsp3) is 0.938. The van der Waals surface area contributed by atoms with Gasteiger partial charge in [0.2, 0.25) is 5.91 Å². The third kappa shape index (κ3) is 55.9. The molecule has 416 valence electrons. The monoisotopic (exact) mass is 988 g/mol. The van der Waals surface area contributed by atoms with Gasteiger partial charge in [-0.25, -0.2) is 0 Å². The molecule has 0 radical (unpaired) electrons. The summed E-state index contributed by atoms with van der Waals surface area (Å²) in [7, 11) is 0. The van der Waals surface area contributed by atoms with E-state index in [4.69, 9.17) is 4.74 Å². The first kappa shape index (κ1) is 68.6. The molecule has 0 bridgehead atoms. The fourth-order valence-corrected chi connectivity index (χ4v) is 10.2. The molecule has 6 nitrogen and oxygen atoms in total. The molecule has 0 aromatic rings. The molecule has 0 aliphatic heterocycles. The zero-order valence-electron chi connectivity index (χ0n) is 47.5. The maximum absolute atomic E-state index is 12.5. The Morgan fingerprint density at radius 2 is 0.671 bits per heavy atom. The number of ether oxygens (including phenoxy) is 1. The minimum atomic E-state index is -0.667. The number of carbonyl (C=O) groups excluding carboxylic acids is 2. The van der Waals surface area contributed by atoms with Crippen LogP contribution in [0.2, 0.25) is 0 Å². The standard InChI is InChI=1S/C64H125NO5/c1-3-5-7-9-11-13-15-17-19-30-34-38-42-46-50-54-58-64(69)70-59-55-51-47-43-39-35-31-28-26-24-22-20-21-23-25-27-29-33-37-41-45-49-53-57-63(68)65-61(60-66)62(67)56-52-48-44-40-36-32-18-16-14-12-10-8-6-4-2/h23,25,61-62,66-67H,3-22,24,26-60H2,1-2H3,(H,65,68)/b25-23-. The van der Waals surface area contributed by atoms with E-state index in [1.807, 2.05) is 0 Å². The summed E-state index contributed by atoms with van der Waals surface area (Å²) >= 11 is 0. The van der Waals surface area contributed by atoms with Gasteiger partial charge in [-0.05, 0) is 51.4 Å². The number of amides is 1. The lowest BCUT2D eigenvalue weighted by Crippen LogP contribution is -2.45. The van der Waals surface area contributed by atoms with E-state index in [2.05, 4.69) is 31.3 Å². The Labute approximate surface area is 438 Å². The van der Waals surface area contributed by atoms with Crippen LogP contribution in [0.5, 0.6) is 0 Å². The lowest BCUT2D eigenvalue weighted by Gasteiger charge is -2.22. The molecule has 1 amide bonds. The topological polar surface area (TPSA) is 95.9 Å². The summed E-state index contributed by atoms with van der Waals surface area (Å²) in [6.07, 6.45) is 72.3. The first-order valence-corrected chi connectivity index (χ1v) is 31.9. The van der Waals surface area contributed by atoms with Crippen LogP contribution in [-0.2, 0) is 14.3 Å². The van der Waals surface area contributed by atoms with Crippen LogP contribution < -0.4 is 5.32 Å². The highest BCUT2D eigenvalue weighted by atomic mass is 16.5. The molecule has 6 heteroatoms. The van der Waals surface area contributed by atoms with Crippen molar-refractivity contribution in [3.8, 4) is 0 Å². The van der Waals surface area contributed by atoms with Crippen LogP contribution in [0, 0.1) is 0 Å². The molecule has 0 heterocycles. The number of hydrogen-bond donors (Lipinski definition) is 3. The van der Waals surface area contributed by atoms with Gasteiger partial charge in [0.1, 0.15) is 0 Å². The van der Waals surface area contributed by atoms with Crippen molar-refractivity contribution in [2.45, 2.75) is 373 Å². The first-order valence-electron chi connectivity index (χ1n) is 31.9. The number of carbonyl (C=O) groups is 2. The lowest BCUT2D eigenvalue weighted by atomic mass is 10.0. The Morgan fingerprint density at radius 3 is 1.01 bits per heavy atom. The van der Waals surface area contributed by atoms with Crippen molar-refractivity contribution < 1.29 is 24.5 Å². The van der Waals surface area contributed by atoms with Crippen molar-refractivity contribution in [3.05, 3.63) is 12.2 Å². The molecule has 0 spiro atoms. The number of unbranched alkanes of at least 4 members (excludes halogenated alkanes) is 47. The molecule has 0 saturated carbocycles. The molecular formula is C64H125NO5. The van der Waals surface area contributed by atoms with Crippen molar-refractivity contribution in [2.75, 3.05) is 13.2 Å². The van der Waals surface area contributed by atoms with Crippen LogP contribution in [0.1, 0.15) is 361 Å². The number of aliphatic hydroxyl groups excluding tert-OH is 2. The van der Waals surface area contributed by atoms with Crippen LogP contribution >= 0.6 is 0 Å². The SMILES string of the molecule is CCCCCCCCCCCCCCCCCCC(=O)OCCCCCCCCCCCCCC/C=C\CCCCCCCCCC(=O)NC(CO)C(O)CCCCCCCCCCCCCCCC. The van der Waals surface area contributed by atoms with Crippen molar-refractivity contribution >= 4 is 11.9 Å². The Kier molecular flexibility index (Phi) is 59.0. The van der Waals surface area contributed by atoms with E-state index in [0.29, 0.717) is 25.9 Å². The highest BCUT2D eigenvalue weighted by Gasteiger charge is 2.20. The van der Waals surface area contributed by atoms with Gasteiger partial charge in [-0.15, -0.1) is 0 Å². The van der Waals surface area contributed by atoms with Crippen molar-refractivity contribution in [2.24, 2.45) is 0 Å². The molecule has 0 rings (SSSR count). The Balaban J connectivity index is 3.38. The highest BCUT2D eigenvalue weighted by molar-refractivity contribution is 5.76. The first-order chi connectivity index (χ1) is 34.5. The second-order valence-electron chi connectivity index (χ2n) is 22.1. The fourth-order valence-electron chi connectivity index (χ4n) is 10.2. The van der Waals surface area contributed by atoms with Gasteiger partial charge in [0, 0.05) is 12.8 Å². The van der Waals surface area contributed by atoms with Gasteiger partial charge in [0.15, 0.2) is 0 Å². The zero-order chi connectivity index (χ0) is 50.7. The van der Waals surface area contributed by atoms with Crippen LogP contribution in [0.25, 0.3) is 0 Å². The number of allylic oxidation sites excluding steroid dienone is 2. The van der Waals surface area contributed by atoms with E-state index >= 15 is 0 Å². The van der Waals surface area contributed by atoms with E-state index < -0.39 is 12.1 Å². The summed E-state index contributed by atoms with van der Waals surface area (Å²) in [4.78, 5) is 24.6. The maximum atomic E-state index is 12.5. The number of aliphatic hydroxyl groups is 2. The van der Waals surface area contributed by atoms with Crippen LogP contribution in [-0.4, -0.2) is 47.4 Å². The summed E-state index contributed by atoms with van der Waals surface area (Å²) < 4.78 is 5.49. The Bertz CT molecular complexity index is 1050. The largest absolute Gasteiger partial charge is 0.466 e. The second-order valence-corrected chi connectivity index (χ2v) is 22.1. The normalized spacial score (nSPS) is 12.6. The van der Waals surface area contributed by atoms with E-state index in [1.54, 1.807) is 0 Å². The predicted octanol–water partition coefficient (Wildman–Crippen LogP) is 20.0. The summed E-state index contributed by atoms with van der Waals surface area (Å²) in [6, 6.07) is -0.545. The second kappa shape index (κ2) is 60.2. The summed E-state index contributed by atoms with van der Waals surface area (Å²) in [5.74, 6) is -0.0234. The molecular weight excluding hydrogens is 863 g/mol. The average Bonchev–Trinajstić information content (AvgIpc) is 3.36. The average molecular weight is 989 g/mol. The molecule has 2 unspecified atom stereocenters. The van der Waals surface area contributed by atoms with Gasteiger partial charge in [-0.1, -0.05) is 309 Å². The molecule has 0 saturated heterocycles. The van der Waals surface area contributed by atoms with E-state index in [-0.39, 0.29) is 18.5 Å². The third-order valence-corrected chi connectivity index (χ3v) is 15.1. The van der Waals surface area contributed by atoms with Gasteiger partial charge < -0.3 is 20.3 Å². The number of nitrogens with one attached hydrogen (secondary N) is 1. The summed E-state index contributed by atoms with van der Waals surface area (Å²) in [5, 5.41) is 23.3. The lowest BCUT2D eigenvalue weighted by molar-refractivity contribution is -0.143. The molecule has 2 atom stereocenters. The predicted molar refractivity (Wildman–Crippen MR) is 306 cm³/mol. The smallest absolute Gasteiger partial charge is 0.305 e. The maximum Gasteiger partial charge on any atom is 0.305 e. The number of hydrogen-bond acceptors (Lipinski definition) is 5. The zero-order valence-corrected chi connectivity index (χ0v) is 47.5. The number of esters is 1. The minimum absolute atomic E-state index is 0.0157. The van der Waals surface area contributed by atoms with Gasteiger partial charge in [0.05, 0.1) is 25.4 Å². The van der Waals surface area contributed by atoms with Crippen molar-refractivity contribution in [1.82, 2.24) is 5.32 Å². The summed E-state index contributed by atoms with van der Waals surface area (Å²) in [5.41, 5.74) is 0. The van der Waals surface area contributed by atoms with E-state index in [0.717, 1.165) is 38.5 Å². The van der Waals surface area contributed by atoms with Crippen LogP contribution in [0.15, 0.2) is 12.2 Å². The quantitative estimate of drug-likeness (QED) is 0.0321. The number of rotatable bonds is 60. The summed E-state index contributed by atoms with van der Waals surface area (Å²) in [6.45, 7) is 4.98. The van der Waals surface area contributed by atoms with Crippen molar-refractivity contribution in [3.63, 3.8) is 0 Å². The molecule has 0 aromatic heterocycles. The highest BCUT2D eigenvalue weighted by Crippen LogP contribution is 2.18. The molecule has 0 fully saturated rings. The Morgan fingerprint density at radius 1 is 0.386 bits per heavy atom. The van der Waals surface area contributed by atoms with Crippen LogP contribution in [0.4, 0.5) is 0 Å². The van der Waals surface area contributed by atoms with Gasteiger partial charge in [-0.2, -0.15) is 0 Å². The molecule has 3 N–H and O–H groups in total. The van der Waals surface area contributed by atoms with Gasteiger partial charge in [-0.3, -0.25) is 9.59 Å². The molecule has 0 aliphatic carbocycles. The van der Waals surface area contributed by atoms with E-state index in [9.17, 15) is 19.8 Å².